The Morgan fingerprint density at radius 1 is 1.44 bits per heavy atom. The minimum atomic E-state index is 0.781. The lowest BCUT2D eigenvalue weighted by Gasteiger charge is -2.15. The molecule has 0 aliphatic rings. The minimum absolute atomic E-state index is 0.781. The summed E-state index contributed by atoms with van der Waals surface area (Å²) < 4.78 is 2.12. The van der Waals surface area contributed by atoms with Gasteiger partial charge >= 0.3 is 0 Å². The lowest BCUT2D eigenvalue weighted by atomic mass is 10.00. The number of aryl methyl sites for hydroxylation is 2. The van der Waals surface area contributed by atoms with Gasteiger partial charge < -0.3 is 9.88 Å². The van der Waals surface area contributed by atoms with Crippen LogP contribution in [-0.2, 0) is 13.5 Å². The maximum atomic E-state index is 4.36. The summed E-state index contributed by atoms with van der Waals surface area (Å²) >= 11 is 0. The number of nitrogens with one attached hydrogen (secondary N) is 1. The fourth-order valence-corrected chi connectivity index (χ4v) is 1.90. The Hall–Kier alpha value is -0.830. The number of hydrogen-bond donors (Lipinski definition) is 1. The molecule has 0 amide bonds. The molecule has 0 fully saturated rings. The van der Waals surface area contributed by atoms with E-state index in [2.05, 4.69) is 35.8 Å². The molecule has 1 rings (SSSR count). The standard InChI is InChI=1S/C13H25N3/c1-4-8-14-11-12(5-2)6-7-13-15-9-10-16(13)3/h9-10,12,14H,4-8,11H2,1-3H3. The topological polar surface area (TPSA) is 29.9 Å². The van der Waals surface area contributed by atoms with E-state index in [1.165, 1.54) is 25.1 Å². The van der Waals surface area contributed by atoms with E-state index in [1.807, 2.05) is 12.4 Å². The van der Waals surface area contributed by atoms with Gasteiger partial charge in [0.15, 0.2) is 0 Å². The highest BCUT2D eigenvalue weighted by Gasteiger charge is 2.07. The summed E-state index contributed by atoms with van der Waals surface area (Å²) in [7, 11) is 2.07. The molecule has 1 aromatic heterocycles. The molecule has 1 N–H and O–H groups in total. The second-order valence-corrected chi connectivity index (χ2v) is 4.47. The molecule has 0 saturated carbocycles. The van der Waals surface area contributed by atoms with Crippen LogP contribution >= 0.6 is 0 Å². The third-order valence-corrected chi connectivity index (χ3v) is 3.13. The van der Waals surface area contributed by atoms with E-state index >= 15 is 0 Å². The van der Waals surface area contributed by atoms with Gasteiger partial charge in [-0.25, -0.2) is 4.98 Å². The zero-order valence-corrected chi connectivity index (χ0v) is 10.9. The van der Waals surface area contributed by atoms with Crippen molar-refractivity contribution >= 4 is 0 Å². The van der Waals surface area contributed by atoms with Gasteiger partial charge in [-0.15, -0.1) is 0 Å². The van der Waals surface area contributed by atoms with Crippen LogP contribution in [-0.4, -0.2) is 22.6 Å². The first-order chi connectivity index (χ1) is 7.77. The Morgan fingerprint density at radius 2 is 2.25 bits per heavy atom. The SMILES string of the molecule is CCCNCC(CC)CCc1nccn1C. The molecule has 1 heterocycles. The van der Waals surface area contributed by atoms with E-state index in [0.717, 1.165) is 25.4 Å². The van der Waals surface area contributed by atoms with Crippen LogP contribution < -0.4 is 5.32 Å². The van der Waals surface area contributed by atoms with E-state index in [4.69, 9.17) is 0 Å². The molecule has 0 radical (unpaired) electrons. The maximum absolute atomic E-state index is 4.36. The van der Waals surface area contributed by atoms with Crippen LogP contribution in [0.15, 0.2) is 12.4 Å². The number of aromatic nitrogens is 2. The molecule has 92 valence electrons. The normalized spacial score (nSPS) is 12.9. The molecule has 0 aliphatic heterocycles. The van der Waals surface area contributed by atoms with Crippen molar-refractivity contribution in [3.05, 3.63) is 18.2 Å². The van der Waals surface area contributed by atoms with Gasteiger partial charge in [0.25, 0.3) is 0 Å². The maximum Gasteiger partial charge on any atom is 0.108 e. The van der Waals surface area contributed by atoms with Gasteiger partial charge in [-0.1, -0.05) is 20.3 Å². The summed E-state index contributed by atoms with van der Waals surface area (Å²) in [6.45, 7) is 6.77. The predicted molar refractivity (Wildman–Crippen MR) is 68.5 cm³/mol. The molecule has 0 aliphatic carbocycles. The molecule has 0 spiro atoms. The van der Waals surface area contributed by atoms with Crippen LogP contribution in [0.4, 0.5) is 0 Å². The van der Waals surface area contributed by atoms with Crippen LogP contribution in [0.3, 0.4) is 0 Å². The second kappa shape index (κ2) is 7.44. The Balaban J connectivity index is 2.26. The smallest absolute Gasteiger partial charge is 0.108 e. The van der Waals surface area contributed by atoms with Crippen molar-refractivity contribution in [2.24, 2.45) is 13.0 Å². The van der Waals surface area contributed by atoms with Crippen molar-refractivity contribution in [1.29, 1.82) is 0 Å². The summed E-state index contributed by atoms with van der Waals surface area (Å²) in [5, 5.41) is 3.50. The van der Waals surface area contributed by atoms with E-state index < -0.39 is 0 Å². The molecular formula is C13H25N3. The van der Waals surface area contributed by atoms with Crippen molar-refractivity contribution in [2.75, 3.05) is 13.1 Å². The Bertz CT molecular complexity index is 280. The van der Waals surface area contributed by atoms with Crippen molar-refractivity contribution in [2.45, 2.75) is 39.5 Å². The van der Waals surface area contributed by atoms with Gasteiger partial charge in [0.05, 0.1) is 0 Å². The average molecular weight is 223 g/mol. The second-order valence-electron chi connectivity index (χ2n) is 4.47. The highest BCUT2D eigenvalue weighted by atomic mass is 15.0. The van der Waals surface area contributed by atoms with Gasteiger partial charge in [-0.2, -0.15) is 0 Å². The zero-order valence-electron chi connectivity index (χ0n) is 10.9. The highest BCUT2D eigenvalue weighted by molar-refractivity contribution is 4.91. The number of imidazole rings is 1. The zero-order chi connectivity index (χ0) is 11.8. The molecule has 0 bridgehead atoms. The third kappa shape index (κ3) is 4.35. The Morgan fingerprint density at radius 3 is 2.81 bits per heavy atom. The predicted octanol–water partition coefficient (Wildman–Crippen LogP) is 2.38. The van der Waals surface area contributed by atoms with Crippen molar-refractivity contribution in [3.63, 3.8) is 0 Å². The van der Waals surface area contributed by atoms with Crippen LogP contribution in [0, 0.1) is 5.92 Å². The van der Waals surface area contributed by atoms with Crippen molar-refractivity contribution in [3.8, 4) is 0 Å². The van der Waals surface area contributed by atoms with Crippen molar-refractivity contribution in [1.82, 2.24) is 14.9 Å². The first-order valence-electron chi connectivity index (χ1n) is 6.44. The van der Waals surface area contributed by atoms with Gasteiger partial charge in [-0.3, -0.25) is 0 Å². The molecule has 3 heteroatoms. The summed E-state index contributed by atoms with van der Waals surface area (Å²) in [5.41, 5.74) is 0. The summed E-state index contributed by atoms with van der Waals surface area (Å²) in [5.74, 6) is 1.98. The lowest BCUT2D eigenvalue weighted by molar-refractivity contribution is 0.428. The highest BCUT2D eigenvalue weighted by Crippen LogP contribution is 2.11. The quantitative estimate of drug-likeness (QED) is 0.686. The van der Waals surface area contributed by atoms with E-state index in [9.17, 15) is 0 Å². The molecular weight excluding hydrogens is 198 g/mol. The van der Waals surface area contributed by atoms with Crippen LogP contribution in [0.25, 0.3) is 0 Å². The Kier molecular flexibility index (Phi) is 6.16. The summed E-state index contributed by atoms with van der Waals surface area (Å²) in [6, 6.07) is 0. The number of rotatable bonds is 8. The lowest BCUT2D eigenvalue weighted by Crippen LogP contribution is -2.23. The molecule has 0 aromatic carbocycles. The fourth-order valence-electron chi connectivity index (χ4n) is 1.90. The number of nitrogens with zero attached hydrogens (tertiary/aromatic N) is 2. The molecule has 16 heavy (non-hydrogen) atoms. The summed E-state index contributed by atoms with van der Waals surface area (Å²) in [4.78, 5) is 4.36. The Labute approximate surface area is 99.3 Å². The minimum Gasteiger partial charge on any atom is -0.338 e. The molecule has 3 nitrogen and oxygen atoms in total. The van der Waals surface area contributed by atoms with Crippen LogP contribution in [0.5, 0.6) is 0 Å². The molecule has 0 saturated heterocycles. The van der Waals surface area contributed by atoms with Gasteiger partial charge in [0.2, 0.25) is 0 Å². The van der Waals surface area contributed by atoms with E-state index in [0.29, 0.717) is 0 Å². The third-order valence-electron chi connectivity index (χ3n) is 3.13. The average Bonchev–Trinajstić information content (AvgIpc) is 2.69. The summed E-state index contributed by atoms with van der Waals surface area (Å²) in [6.07, 6.45) is 8.70. The molecule has 1 atom stereocenters. The van der Waals surface area contributed by atoms with Crippen LogP contribution in [0.2, 0.25) is 0 Å². The van der Waals surface area contributed by atoms with Gasteiger partial charge in [0.1, 0.15) is 5.82 Å². The first-order valence-corrected chi connectivity index (χ1v) is 6.44. The van der Waals surface area contributed by atoms with Gasteiger partial charge in [0, 0.05) is 25.9 Å². The van der Waals surface area contributed by atoms with E-state index in [1.54, 1.807) is 0 Å². The first kappa shape index (κ1) is 13.2. The van der Waals surface area contributed by atoms with Gasteiger partial charge in [-0.05, 0) is 31.8 Å². The molecule has 1 unspecified atom stereocenters. The largest absolute Gasteiger partial charge is 0.338 e. The number of hydrogen-bond acceptors (Lipinski definition) is 2. The monoisotopic (exact) mass is 223 g/mol. The van der Waals surface area contributed by atoms with Crippen molar-refractivity contribution < 1.29 is 0 Å². The van der Waals surface area contributed by atoms with Crippen LogP contribution in [0.1, 0.15) is 38.9 Å². The fraction of sp³-hybridized carbons (Fsp3) is 0.769. The molecule has 1 aromatic rings. The van der Waals surface area contributed by atoms with E-state index in [-0.39, 0.29) is 0 Å².